The molecule has 0 saturated carbocycles. The lowest BCUT2D eigenvalue weighted by molar-refractivity contribution is 0.154. The number of likely N-dealkylation sites (tertiary alicyclic amines) is 1. The van der Waals surface area contributed by atoms with E-state index in [0.717, 1.165) is 0 Å². The predicted molar refractivity (Wildman–Crippen MR) is 79.2 cm³/mol. The number of amides is 1. The van der Waals surface area contributed by atoms with Crippen LogP contribution in [-0.4, -0.2) is 49.1 Å². The van der Waals surface area contributed by atoms with Gasteiger partial charge >= 0.3 is 6.09 Å². The first-order chi connectivity index (χ1) is 9.79. The summed E-state index contributed by atoms with van der Waals surface area (Å²) < 4.78 is 27.4. The monoisotopic (exact) mass is 378 g/mol. The molecule has 1 aliphatic rings. The minimum Gasteiger partial charge on any atom is -0.465 e. The van der Waals surface area contributed by atoms with Crippen LogP contribution in [0.2, 0.25) is 0 Å². The zero-order valence-electron chi connectivity index (χ0n) is 11.0. The Morgan fingerprint density at radius 1 is 1.62 bits per heavy atom. The molecule has 0 spiro atoms. The van der Waals surface area contributed by atoms with E-state index in [-0.39, 0.29) is 23.2 Å². The summed E-state index contributed by atoms with van der Waals surface area (Å²) in [5, 5.41) is 8.86. The Kier molecular flexibility index (Phi) is 4.69. The second-order valence-electron chi connectivity index (χ2n) is 4.77. The van der Waals surface area contributed by atoms with Gasteiger partial charge in [-0.2, -0.15) is 0 Å². The third-order valence-electron chi connectivity index (χ3n) is 3.26. The molecule has 0 aromatic carbocycles. The normalized spacial score (nSPS) is 18.9. The molecule has 2 rings (SSSR count). The number of hydrogen-bond donors (Lipinski definition) is 3. The van der Waals surface area contributed by atoms with Crippen LogP contribution in [0.5, 0.6) is 0 Å². The van der Waals surface area contributed by atoms with Gasteiger partial charge in [-0.05, 0) is 34.3 Å². The fourth-order valence-electron chi connectivity index (χ4n) is 2.12. The number of pyridine rings is 1. The third-order valence-corrected chi connectivity index (χ3v) is 5.14. The van der Waals surface area contributed by atoms with E-state index in [1.807, 2.05) is 0 Å². The standard InChI is InChI=1S/C11H15BrN4O4S/c12-8-3-9(10(13)14-5-8)21(19,20)15-4-7-1-2-16(6-7)11(17)18/h3,5,7,15H,1-2,4,6H2,(H2,13,14)(H,17,18). The molecule has 116 valence electrons. The molecule has 1 fully saturated rings. The molecule has 1 saturated heterocycles. The van der Waals surface area contributed by atoms with Gasteiger partial charge in [-0.15, -0.1) is 0 Å². The predicted octanol–water partition coefficient (Wildman–Crippen LogP) is 0.705. The van der Waals surface area contributed by atoms with Crippen LogP contribution in [0.15, 0.2) is 21.6 Å². The molecule has 1 unspecified atom stereocenters. The second kappa shape index (κ2) is 6.16. The average Bonchev–Trinajstić information content (AvgIpc) is 2.88. The van der Waals surface area contributed by atoms with E-state index < -0.39 is 16.1 Å². The second-order valence-corrected chi connectivity index (χ2v) is 7.42. The van der Waals surface area contributed by atoms with E-state index in [2.05, 4.69) is 25.6 Å². The molecule has 2 heterocycles. The van der Waals surface area contributed by atoms with Crippen LogP contribution >= 0.6 is 15.9 Å². The summed E-state index contributed by atoms with van der Waals surface area (Å²) >= 11 is 3.15. The number of aromatic nitrogens is 1. The highest BCUT2D eigenvalue weighted by atomic mass is 79.9. The summed E-state index contributed by atoms with van der Waals surface area (Å²) in [6.45, 7) is 0.907. The highest BCUT2D eigenvalue weighted by molar-refractivity contribution is 9.10. The minimum absolute atomic E-state index is 0.0442. The van der Waals surface area contributed by atoms with Crippen molar-refractivity contribution in [2.24, 2.45) is 5.92 Å². The quantitative estimate of drug-likeness (QED) is 0.707. The molecule has 1 amide bonds. The number of hydrogen-bond acceptors (Lipinski definition) is 5. The molecule has 0 radical (unpaired) electrons. The van der Waals surface area contributed by atoms with Crippen molar-refractivity contribution >= 4 is 37.9 Å². The number of carboxylic acid groups (broad SMARTS) is 1. The van der Waals surface area contributed by atoms with E-state index >= 15 is 0 Å². The smallest absolute Gasteiger partial charge is 0.407 e. The van der Waals surface area contributed by atoms with Crippen molar-refractivity contribution in [3.05, 3.63) is 16.7 Å². The average molecular weight is 379 g/mol. The SMILES string of the molecule is Nc1ncc(Br)cc1S(=O)(=O)NCC1CCN(C(=O)O)C1. The number of nitrogens with two attached hydrogens (primary N) is 1. The van der Waals surface area contributed by atoms with Gasteiger partial charge in [0.1, 0.15) is 10.7 Å². The number of halogens is 1. The van der Waals surface area contributed by atoms with E-state index in [1.165, 1.54) is 17.2 Å². The number of carbonyl (C=O) groups is 1. The number of sulfonamides is 1. The Hall–Kier alpha value is -1.39. The molecule has 0 aliphatic carbocycles. The van der Waals surface area contributed by atoms with Gasteiger partial charge in [0, 0.05) is 30.3 Å². The summed E-state index contributed by atoms with van der Waals surface area (Å²) in [7, 11) is -3.77. The molecule has 1 atom stereocenters. The molecule has 8 nitrogen and oxygen atoms in total. The topological polar surface area (TPSA) is 126 Å². The van der Waals surface area contributed by atoms with E-state index in [1.54, 1.807) is 0 Å². The first-order valence-corrected chi connectivity index (χ1v) is 8.46. The molecule has 21 heavy (non-hydrogen) atoms. The lowest BCUT2D eigenvalue weighted by atomic mass is 10.1. The van der Waals surface area contributed by atoms with Crippen LogP contribution in [0.1, 0.15) is 6.42 Å². The van der Waals surface area contributed by atoms with Gasteiger partial charge in [-0.25, -0.2) is 22.9 Å². The van der Waals surface area contributed by atoms with Crippen LogP contribution < -0.4 is 10.5 Å². The number of nitrogens with zero attached hydrogens (tertiary/aromatic N) is 2. The number of rotatable bonds is 4. The van der Waals surface area contributed by atoms with Crippen LogP contribution in [-0.2, 0) is 10.0 Å². The van der Waals surface area contributed by atoms with Gasteiger partial charge in [0.05, 0.1) is 0 Å². The van der Waals surface area contributed by atoms with Crippen molar-refractivity contribution < 1.29 is 18.3 Å². The molecule has 0 bridgehead atoms. The van der Waals surface area contributed by atoms with Crippen LogP contribution in [0.3, 0.4) is 0 Å². The van der Waals surface area contributed by atoms with Gasteiger partial charge in [-0.1, -0.05) is 0 Å². The van der Waals surface area contributed by atoms with Gasteiger partial charge in [-0.3, -0.25) is 0 Å². The Morgan fingerprint density at radius 2 is 2.33 bits per heavy atom. The van der Waals surface area contributed by atoms with Gasteiger partial charge in [0.25, 0.3) is 0 Å². The molecule has 1 aliphatic heterocycles. The zero-order valence-corrected chi connectivity index (χ0v) is 13.4. The van der Waals surface area contributed by atoms with Gasteiger partial charge < -0.3 is 15.7 Å². The molecule has 1 aromatic heterocycles. The zero-order chi connectivity index (χ0) is 15.6. The van der Waals surface area contributed by atoms with E-state index in [9.17, 15) is 13.2 Å². The van der Waals surface area contributed by atoms with Crippen molar-refractivity contribution in [2.75, 3.05) is 25.4 Å². The van der Waals surface area contributed by atoms with Crippen LogP contribution in [0.4, 0.5) is 10.6 Å². The fourth-order valence-corrected chi connectivity index (χ4v) is 3.83. The van der Waals surface area contributed by atoms with Crippen molar-refractivity contribution in [1.29, 1.82) is 0 Å². The lowest BCUT2D eigenvalue weighted by Crippen LogP contribution is -2.32. The fraction of sp³-hybridized carbons (Fsp3) is 0.455. The van der Waals surface area contributed by atoms with Crippen molar-refractivity contribution in [3.63, 3.8) is 0 Å². The van der Waals surface area contributed by atoms with Crippen LogP contribution in [0, 0.1) is 5.92 Å². The first kappa shape index (κ1) is 16.0. The summed E-state index contributed by atoms with van der Waals surface area (Å²) in [5.41, 5.74) is 5.58. The van der Waals surface area contributed by atoms with Crippen molar-refractivity contribution in [3.8, 4) is 0 Å². The molecule has 10 heteroatoms. The van der Waals surface area contributed by atoms with E-state index in [4.69, 9.17) is 10.8 Å². The third kappa shape index (κ3) is 3.83. The number of nitrogen functional groups attached to an aromatic ring is 1. The largest absolute Gasteiger partial charge is 0.465 e. The highest BCUT2D eigenvalue weighted by Gasteiger charge is 2.27. The van der Waals surface area contributed by atoms with E-state index in [0.29, 0.717) is 24.0 Å². The molecular formula is C11H15BrN4O4S. The maximum absolute atomic E-state index is 12.2. The maximum Gasteiger partial charge on any atom is 0.407 e. The van der Waals surface area contributed by atoms with Crippen molar-refractivity contribution in [2.45, 2.75) is 11.3 Å². The van der Waals surface area contributed by atoms with Crippen molar-refractivity contribution in [1.82, 2.24) is 14.6 Å². The summed E-state index contributed by atoms with van der Waals surface area (Å²) in [5.74, 6) is -0.124. The summed E-state index contributed by atoms with van der Waals surface area (Å²) in [6, 6.07) is 1.38. The molecule has 1 aromatic rings. The molecular weight excluding hydrogens is 364 g/mol. The number of anilines is 1. The Bertz CT molecular complexity index is 652. The first-order valence-electron chi connectivity index (χ1n) is 6.18. The lowest BCUT2D eigenvalue weighted by Gasteiger charge is -2.14. The van der Waals surface area contributed by atoms with Gasteiger partial charge in [0.2, 0.25) is 10.0 Å². The summed E-state index contributed by atoms with van der Waals surface area (Å²) in [4.78, 5) is 15.8. The van der Waals surface area contributed by atoms with Crippen LogP contribution in [0.25, 0.3) is 0 Å². The highest BCUT2D eigenvalue weighted by Crippen LogP contribution is 2.21. The maximum atomic E-state index is 12.2. The Balaban J connectivity index is 2.02. The van der Waals surface area contributed by atoms with Gasteiger partial charge in [0.15, 0.2) is 0 Å². The Labute approximate surface area is 130 Å². The summed E-state index contributed by atoms with van der Waals surface area (Å²) in [6.07, 6.45) is 1.05. The number of nitrogens with one attached hydrogen (secondary N) is 1. The minimum atomic E-state index is -3.77. The Morgan fingerprint density at radius 3 is 2.95 bits per heavy atom. The molecule has 4 N–H and O–H groups in total.